The van der Waals surface area contributed by atoms with Gasteiger partial charge < -0.3 is 10.1 Å². The van der Waals surface area contributed by atoms with Crippen molar-refractivity contribution >= 4 is 11.3 Å². The first kappa shape index (κ1) is 9.66. The molecule has 0 amide bonds. The van der Waals surface area contributed by atoms with Crippen LogP contribution in [0.25, 0.3) is 5.65 Å². The highest BCUT2D eigenvalue weighted by molar-refractivity contribution is 5.64. The number of aromatic nitrogens is 2. The fourth-order valence-electron chi connectivity index (χ4n) is 2.50. The third-order valence-electron chi connectivity index (χ3n) is 3.39. The van der Waals surface area contributed by atoms with Gasteiger partial charge in [0.2, 0.25) is 0 Å². The van der Waals surface area contributed by atoms with Crippen LogP contribution in [0.4, 0.5) is 5.69 Å². The Morgan fingerprint density at radius 1 is 1.50 bits per heavy atom. The zero-order valence-electron chi connectivity index (χ0n) is 9.43. The van der Waals surface area contributed by atoms with Gasteiger partial charge in [0, 0.05) is 12.4 Å². The molecule has 16 heavy (non-hydrogen) atoms. The lowest BCUT2D eigenvalue weighted by atomic mass is 10.2. The van der Waals surface area contributed by atoms with E-state index in [0.29, 0.717) is 6.04 Å². The van der Waals surface area contributed by atoms with Crippen LogP contribution >= 0.6 is 0 Å². The smallest absolute Gasteiger partial charge is 0.160 e. The number of fused-ring (bicyclic) bond motifs is 1. The summed E-state index contributed by atoms with van der Waals surface area (Å²) in [6.45, 7) is 1.16. The zero-order chi connectivity index (χ0) is 11.1. The second-order valence-electron chi connectivity index (χ2n) is 4.50. The summed E-state index contributed by atoms with van der Waals surface area (Å²) in [5.41, 5.74) is 8.66. The molecule has 2 N–H and O–H groups in total. The van der Waals surface area contributed by atoms with E-state index < -0.39 is 0 Å². The number of nitrogens with two attached hydrogens (primary N) is 1. The van der Waals surface area contributed by atoms with Crippen molar-refractivity contribution in [3.8, 4) is 0 Å². The van der Waals surface area contributed by atoms with Gasteiger partial charge in [-0.05, 0) is 38.6 Å². The Kier molecular flexibility index (Phi) is 2.11. The number of anilines is 1. The molecule has 3 rings (SSSR count). The molecule has 1 fully saturated rings. The van der Waals surface area contributed by atoms with Gasteiger partial charge in [0.15, 0.2) is 5.65 Å². The number of likely N-dealkylation sites (tertiary alicyclic amines) is 1. The summed E-state index contributed by atoms with van der Waals surface area (Å²) in [5, 5.41) is 0. The Balaban J connectivity index is 2.08. The van der Waals surface area contributed by atoms with Crippen LogP contribution in [0.15, 0.2) is 24.5 Å². The maximum Gasteiger partial charge on any atom is 0.160 e. The van der Waals surface area contributed by atoms with Gasteiger partial charge in [-0.2, -0.15) is 0 Å². The molecular weight excluding hydrogens is 200 g/mol. The molecule has 1 saturated heterocycles. The first-order chi connectivity index (χ1) is 7.75. The van der Waals surface area contributed by atoms with Crippen molar-refractivity contribution in [2.24, 2.45) is 0 Å². The van der Waals surface area contributed by atoms with Gasteiger partial charge >= 0.3 is 0 Å². The number of rotatable bonds is 1. The molecule has 4 nitrogen and oxygen atoms in total. The number of nitrogens with zero attached hydrogens (tertiary/aromatic N) is 3. The molecule has 3 heterocycles. The van der Waals surface area contributed by atoms with Crippen LogP contribution in [0.3, 0.4) is 0 Å². The standard InChI is InChI=1S/C12H16N4/c1-15-6-3-5-11(15)10-8-16-7-2-4-9(13)12(16)14-10/h2,4,7-8,11H,3,5-6,13H2,1H3. The lowest BCUT2D eigenvalue weighted by molar-refractivity contribution is 0.313. The summed E-state index contributed by atoms with van der Waals surface area (Å²) in [7, 11) is 2.16. The van der Waals surface area contributed by atoms with Crippen molar-refractivity contribution in [2.45, 2.75) is 18.9 Å². The van der Waals surface area contributed by atoms with Crippen molar-refractivity contribution < 1.29 is 0 Å². The number of pyridine rings is 1. The Labute approximate surface area is 94.7 Å². The molecule has 4 heteroatoms. The molecule has 0 aliphatic carbocycles. The van der Waals surface area contributed by atoms with Crippen LogP contribution in [0.5, 0.6) is 0 Å². The maximum absolute atomic E-state index is 5.91. The van der Waals surface area contributed by atoms with E-state index in [1.54, 1.807) is 0 Å². The molecule has 2 aromatic heterocycles. The monoisotopic (exact) mass is 216 g/mol. The summed E-state index contributed by atoms with van der Waals surface area (Å²) < 4.78 is 2.01. The summed E-state index contributed by atoms with van der Waals surface area (Å²) >= 11 is 0. The SMILES string of the molecule is CN1CCCC1c1cn2cccc(N)c2n1. The molecule has 0 bridgehead atoms. The minimum absolute atomic E-state index is 0.458. The van der Waals surface area contributed by atoms with Crippen molar-refractivity contribution in [2.75, 3.05) is 19.3 Å². The van der Waals surface area contributed by atoms with Crippen molar-refractivity contribution in [1.29, 1.82) is 0 Å². The number of imidazole rings is 1. The van der Waals surface area contributed by atoms with Crippen LogP contribution in [0, 0.1) is 0 Å². The molecule has 1 aliphatic heterocycles. The third kappa shape index (κ3) is 1.38. The molecule has 84 valence electrons. The zero-order valence-corrected chi connectivity index (χ0v) is 9.43. The maximum atomic E-state index is 5.91. The lowest BCUT2D eigenvalue weighted by Gasteiger charge is -2.16. The van der Waals surface area contributed by atoms with E-state index in [-0.39, 0.29) is 0 Å². The molecular formula is C12H16N4. The Hall–Kier alpha value is -1.55. The van der Waals surface area contributed by atoms with Crippen LogP contribution < -0.4 is 5.73 Å². The first-order valence-electron chi connectivity index (χ1n) is 5.69. The summed E-state index contributed by atoms with van der Waals surface area (Å²) in [6.07, 6.45) is 6.54. The van der Waals surface area contributed by atoms with E-state index in [9.17, 15) is 0 Å². The number of hydrogen-bond acceptors (Lipinski definition) is 3. The molecule has 0 radical (unpaired) electrons. The lowest BCUT2D eigenvalue weighted by Crippen LogP contribution is -2.17. The summed E-state index contributed by atoms with van der Waals surface area (Å²) in [5.74, 6) is 0. The molecule has 1 aliphatic rings. The van der Waals surface area contributed by atoms with Crippen LogP contribution in [-0.2, 0) is 0 Å². The van der Waals surface area contributed by atoms with Crippen LogP contribution in [-0.4, -0.2) is 27.9 Å². The van der Waals surface area contributed by atoms with Crippen LogP contribution in [0.1, 0.15) is 24.6 Å². The van der Waals surface area contributed by atoms with Crippen molar-refractivity contribution in [1.82, 2.24) is 14.3 Å². The highest BCUT2D eigenvalue weighted by Gasteiger charge is 2.24. The van der Waals surface area contributed by atoms with E-state index in [1.807, 2.05) is 22.7 Å². The quantitative estimate of drug-likeness (QED) is 0.789. The van der Waals surface area contributed by atoms with Crippen LogP contribution in [0.2, 0.25) is 0 Å². The van der Waals surface area contributed by atoms with Gasteiger partial charge in [0.1, 0.15) is 0 Å². The second-order valence-corrected chi connectivity index (χ2v) is 4.50. The van der Waals surface area contributed by atoms with Gasteiger partial charge in [-0.1, -0.05) is 0 Å². The van der Waals surface area contributed by atoms with E-state index in [2.05, 4.69) is 23.1 Å². The molecule has 1 unspecified atom stereocenters. The first-order valence-corrected chi connectivity index (χ1v) is 5.69. The number of hydrogen-bond donors (Lipinski definition) is 1. The Morgan fingerprint density at radius 3 is 3.06 bits per heavy atom. The Morgan fingerprint density at radius 2 is 2.38 bits per heavy atom. The predicted molar refractivity (Wildman–Crippen MR) is 64.2 cm³/mol. The molecule has 0 saturated carbocycles. The number of nitrogen functional groups attached to an aromatic ring is 1. The third-order valence-corrected chi connectivity index (χ3v) is 3.39. The van der Waals surface area contributed by atoms with Crippen molar-refractivity contribution in [3.05, 3.63) is 30.2 Å². The van der Waals surface area contributed by atoms with Gasteiger partial charge in [0.25, 0.3) is 0 Å². The van der Waals surface area contributed by atoms with Gasteiger partial charge in [-0.3, -0.25) is 4.90 Å². The van der Waals surface area contributed by atoms with Crippen molar-refractivity contribution in [3.63, 3.8) is 0 Å². The highest BCUT2D eigenvalue weighted by atomic mass is 15.2. The van der Waals surface area contributed by atoms with Gasteiger partial charge in [-0.25, -0.2) is 4.98 Å². The predicted octanol–water partition coefficient (Wildman–Crippen LogP) is 1.68. The average molecular weight is 216 g/mol. The largest absolute Gasteiger partial charge is 0.396 e. The Bertz CT molecular complexity index is 517. The van der Waals surface area contributed by atoms with Gasteiger partial charge in [-0.15, -0.1) is 0 Å². The fraction of sp³-hybridized carbons (Fsp3) is 0.417. The topological polar surface area (TPSA) is 46.6 Å². The normalized spacial score (nSPS) is 21.9. The molecule has 0 aromatic carbocycles. The molecule has 1 atom stereocenters. The van der Waals surface area contributed by atoms with Gasteiger partial charge in [0.05, 0.1) is 17.4 Å². The van der Waals surface area contributed by atoms with E-state index in [0.717, 1.165) is 23.6 Å². The molecule has 2 aromatic rings. The van der Waals surface area contributed by atoms with E-state index in [1.165, 1.54) is 12.8 Å². The van der Waals surface area contributed by atoms with E-state index in [4.69, 9.17) is 5.73 Å². The summed E-state index contributed by atoms with van der Waals surface area (Å²) in [6, 6.07) is 4.30. The average Bonchev–Trinajstić information content (AvgIpc) is 2.84. The molecule has 0 spiro atoms. The summed E-state index contributed by atoms with van der Waals surface area (Å²) in [4.78, 5) is 7.00. The minimum atomic E-state index is 0.458. The van der Waals surface area contributed by atoms with E-state index >= 15 is 0 Å². The minimum Gasteiger partial charge on any atom is -0.396 e. The highest BCUT2D eigenvalue weighted by Crippen LogP contribution is 2.30. The second kappa shape index (κ2) is 3.49. The fourth-order valence-corrected chi connectivity index (χ4v) is 2.50.